The van der Waals surface area contributed by atoms with E-state index < -0.39 is 0 Å². The first-order valence-corrected chi connectivity index (χ1v) is 5.72. The van der Waals surface area contributed by atoms with Crippen molar-refractivity contribution in [2.45, 2.75) is 31.7 Å². The average Bonchev–Trinajstić information content (AvgIpc) is 3.15. The average molecular weight is 218 g/mol. The summed E-state index contributed by atoms with van der Waals surface area (Å²) in [6.07, 6.45) is 4.42. The lowest BCUT2D eigenvalue weighted by molar-refractivity contribution is -0.117. The van der Waals surface area contributed by atoms with Gasteiger partial charge in [0.05, 0.1) is 0 Å². The minimum absolute atomic E-state index is 0.0669. The van der Waals surface area contributed by atoms with Gasteiger partial charge in [0.15, 0.2) is 5.82 Å². The molecule has 0 atom stereocenters. The predicted octanol–water partition coefficient (Wildman–Crippen LogP) is 1.40. The largest absolute Gasteiger partial charge is 0.366 e. The Hall–Kier alpha value is -1.65. The minimum Gasteiger partial charge on any atom is -0.366 e. The molecule has 1 amide bonds. The quantitative estimate of drug-likeness (QED) is 0.801. The molecule has 0 aromatic carbocycles. The number of carbonyl (C=O) groups is 1. The molecule has 3 rings (SSSR count). The van der Waals surface area contributed by atoms with Crippen LogP contribution in [0, 0.1) is 5.92 Å². The van der Waals surface area contributed by atoms with E-state index in [1.807, 2.05) is 6.07 Å². The standard InChI is InChI=1S/C11H14N4O/c16-11(7-1-2-7)13-10-6-5-9(14-15-10)12-8-3-4-8/h5-8H,1-4H2,(H,12,14)(H,13,15,16). The molecule has 0 radical (unpaired) electrons. The van der Waals surface area contributed by atoms with E-state index in [1.165, 1.54) is 12.8 Å². The topological polar surface area (TPSA) is 66.9 Å². The first kappa shape index (κ1) is 9.57. The molecular formula is C11H14N4O. The van der Waals surface area contributed by atoms with Gasteiger partial charge in [-0.25, -0.2) is 0 Å². The minimum atomic E-state index is 0.0669. The lowest BCUT2D eigenvalue weighted by atomic mass is 10.4. The van der Waals surface area contributed by atoms with E-state index in [2.05, 4.69) is 20.8 Å². The zero-order valence-electron chi connectivity index (χ0n) is 8.94. The molecule has 0 aliphatic heterocycles. The third kappa shape index (κ3) is 2.29. The first-order valence-electron chi connectivity index (χ1n) is 5.72. The highest BCUT2D eigenvalue weighted by molar-refractivity contribution is 5.93. The molecule has 5 nitrogen and oxygen atoms in total. The van der Waals surface area contributed by atoms with Crippen LogP contribution in [-0.4, -0.2) is 22.1 Å². The number of nitrogens with zero attached hydrogens (tertiary/aromatic N) is 2. The number of aromatic nitrogens is 2. The van der Waals surface area contributed by atoms with Crippen LogP contribution in [0.2, 0.25) is 0 Å². The molecule has 2 saturated carbocycles. The number of anilines is 2. The van der Waals surface area contributed by atoms with Crippen LogP contribution in [0.4, 0.5) is 11.6 Å². The van der Waals surface area contributed by atoms with Gasteiger partial charge in [-0.1, -0.05) is 0 Å². The Bertz CT molecular complexity index is 395. The van der Waals surface area contributed by atoms with Gasteiger partial charge in [0, 0.05) is 12.0 Å². The molecule has 1 aromatic rings. The number of hydrogen-bond donors (Lipinski definition) is 2. The Morgan fingerprint density at radius 1 is 1.12 bits per heavy atom. The molecule has 5 heteroatoms. The molecule has 0 spiro atoms. The van der Waals surface area contributed by atoms with E-state index in [4.69, 9.17) is 0 Å². The van der Waals surface area contributed by atoms with Crippen molar-refractivity contribution in [1.29, 1.82) is 0 Å². The highest BCUT2D eigenvalue weighted by Gasteiger charge is 2.29. The fraction of sp³-hybridized carbons (Fsp3) is 0.545. The summed E-state index contributed by atoms with van der Waals surface area (Å²) in [5.74, 6) is 1.59. The number of rotatable bonds is 4. The van der Waals surface area contributed by atoms with Crippen LogP contribution in [-0.2, 0) is 4.79 Å². The molecule has 16 heavy (non-hydrogen) atoms. The van der Waals surface area contributed by atoms with Crippen molar-refractivity contribution < 1.29 is 4.79 Å². The Morgan fingerprint density at radius 2 is 1.81 bits per heavy atom. The fourth-order valence-corrected chi connectivity index (χ4v) is 1.49. The van der Waals surface area contributed by atoms with Gasteiger partial charge in [0.1, 0.15) is 5.82 Å². The van der Waals surface area contributed by atoms with Gasteiger partial charge in [-0.15, -0.1) is 10.2 Å². The van der Waals surface area contributed by atoms with Gasteiger partial charge < -0.3 is 10.6 Å². The van der Waals surface area contributed by atoms with Gasteiger partial charge >= 0.3 is 0 Å². The summed E-state index contributed by atoms with van der Waals surface area (Å²) < 4.78 is 0. The molecule has 1 aromatic heterocycles. The Morgan fingerprint density at radius 3 is 2.38 bits per heavy atom. The second kappa shape index (κ2) is 3.73. The highest BCUT2D eigenvalue weighted by atomic mass is 16.2. The van der Waals surface area contributed by atoms with Crippen LogP contribution in [0.25, 0.3) is 0 Å². The smallest absolute Gasteiger partial charge is 0.228 e. The maximum Gasteiger partial charge on any atom is 0.228 e. The van der Waals surface area contributed by atoms with E-state index in [1.54, 1.807) is 6.07 Å². The van der Waals surface area contributed by atoms with Gasteiger partial charge in [-0.05, 0) is 37.8 Å². The van der Waals surface area contributed by atoms with E-state index in [-0.39, 0.29) is 11.8 Å². The second-order valence-electron chi connectivity index (χ2n) is 4.49. The van der Waals surface area contributed by atoms with Crippen LogP contribution in [0.5, 0.6) is 0 Å². The van der Waals surface area contributed by atoms with E-state index in [0.29, 0.717) is 11.9 Å². The van der Waals surface area contributed by atoms with Crippen LogP contribution < -0.4 is 10.6 Å². The Kier molecular flexibility index (Phi) is 2.23. The van der Waals surface area contributed by atoms with E-state index in [0.717, 1.165) is 18.7 Å². The molecule has 1 heterocycles. The zero-order valence-corrected chi connectivity index (χ0v) is 8.94. The zero-order chi connectivity index (χ0) is 11.0. The van der Waals surface area contributed by atoms with E-state index >= 15 is 0 Å². The van der Waals surface area contributed by atoms with Crippen molar-refractivity contribution in [2.24, 2.45) is 5.92 Å². The van der Waals surface area contributed by atoms with Crippen LogP contribution in [0.3, 0.4) is 0 Å². The van der Waals surface area contributed by atoms with Gasteiger partial charge in [0.25, 0.3) is 0 Å². The molecule has 0 unspecified atom stereocenters. The summed E-state index contributed by atoms with van der Waals surface area (Å²) >= 11 is 0. The molecule has 84 valence electrons. The Labute approximate surface area is 93.6 Å². The van der Waals surface area contributed by atoms with Crippen molar-refractivity contribution in [1.82, 2.24) is 10.2 Å². The van der Waals surface area contributed by atoms with E-state index in [9.17, 15) is 4.79 Å². The summed E-state index contributed by atoms with van der Waals surface area (Å²) in [7, 11) is 0. The predicted molar refractivity (Wildman–Crippen MR) is 60.0 cm³/mol. The fourth-order valence-electron chi connectivity index (χ4n) is 1.49. The molecule has 2 aliphatic carbocycles. The third-order valence-corrected chi connectivity index (χ3v) is 2.79. The number of nitrogens with one attached hydrogen (secondary N) is 2. The SMILES string of the molecule is O=C(Nc1ccc(NC2CC2)nn1)C1CC1. The summed E-state index contributed by atoms with van der Waals surface area (Å²) in [6, 6.07) is 4.22. The third-order valence-electron chi connectivity index (χ3n) is 2.79. The highest BCUT2D eigenvalue weighted by Crippen LogP contribution is 2.30. The summed E-state index contributed by atoms with van der Waals surface area (Å²) in [6.45, 7) is 0. The van der Waals surface area contributed by atoms with Crippen LogP contribution in [0.1, 0.15) is 25.7 Å². The normalized spacial score (nSPS) is 19.2. The van der Waals surface area contributed by atoms with Crippen molar-refractivity contribution >= 4 is 17.5 Å². The summed E-state index contributed by atoms with van der Waals surface area (Å²) in [5.41, 5.74) is 0. The van der Waals surface area contributed by atoms with Crippen molar-refractivity contribution in [3.63, 3.8) is 0 Å². The Balaban J connectivity index is 1.59. The molecule has 0 saturated heterocycles. The first-order chi connectivity index (χ1) is 7.81. The van der Waals surface area contributed by atoms with Gasteiger partial charge in [0.2, 0.25) is 5.91 Å². The van der Waals surface area contributed by atoms with Crippen LogP contribution in [0.15, 0.2) is 12.1 Å². The molecule has 2 aliphatic rings. The molecular weight excluding hydrogens is 204 g/mol. The van der Waals surface area contributed by atoms with Crippen molar-refractivity contribution in [3.05, 3.63) is 12.1 Å². The van der Waals surface area contributed by atoms with Gasteiger partial charge in [-0.3, -0.25) is 4.79 Å². The molecule has 0 bridgehead atoms. The lowest BCUT2D eigenvalue weighted by Gasteiger charge is -2.04. The summed E-state index contributed by atoms with van der Waals surface area (Å²) in [4.78, 5) is 11.5. The number of carbonyl (C=O) groups excluding carboxylic acids is 1. The number of amides is 1. The maximum atomic E-state index is 11.5. The monoisotopic (exact) mass is 218 g/mol. The summed E-state index contributed by atoms with van der Waals surface area (Å²) in [5, 5.41) is 14.0. The molecule has 2 fully saturated rings. The van der Waals surface area contributed by atoms with Crippen molar-refractivity contribution in [3.8, 4) is 0 Å². The molecule has 2 N–H and O–H groups in total. The second-order valence-corrected chi connectivity index (χ2v) is 4.49. The van der Waals surface area contributed by atoms with Gasteiger partial charge in [-0.2, -0.15) is 0 Å². The number of hydrogen-bond acceptors (Lipinski definition) is 4. The maximum absolute atomic E-state index is 11.5. The van der Waals surface area contributed by atoms with Crippen LogP contribution >= 0.6 is 0 Å². The van der Waals surface area contributed by atoms with Crippen molar-refractivity contribution in [2.75, 3.05) is 10.6 Å². The lowest BCUT2D eigenvalue weighted by Crippen LogP contribution is -2.15.